The fourth-order valence-corrected chi connectivity index (χ4v) is 0. The Morgan fingerprint density at radius 3 is 1.88 bits per heavy atom. The van der Waals surface area contributed by atoms with E-state index in [1.807, 2.05) is 6.92 Å². The molecule has 4 heteroatoms. The van der Waals surface area contributed by atoms with Crippen LogP contribution in [-0.2, 0) is 4.84 Å². The van der Waals surface area contributed by atoms with Crippen molar-refractivity contribution in [3.63, 3.8) is 0 Å². The number of hydrogen-bond donors (Lipinski definition) is 3. The summed E-state index contributed by atoms with van der Waals surface area (Å²) in [6.07, 6.45) is 0. The predicted molar refractivity (Wildman–Crippen MR) is 32.0 cm³/mol. The van der Waals surface area contributed by atoms with Crippen LogP contribution in [0.4, 0.5) is 0 Å². The quantitative estimate of drug-likeness (QED) is 0.403. The molecule has 0 aliphatic heterocycles. The van der Waals surface area contributed by atoms with E-state index in [0.29, 0.717) is 13.2 Å². The average molecular weight is 122 g/mol. The lowest BCUT2D eigenvalue weighted by atomic mass is 10.8. The van der Waals surface area contributed by atoms with Crippen molar-refractivity contribution in [2.45, 2.75) is 6.92 Å². The highest BCUT2D eigenvalue weighted by Crippen LogP contribution is 1.46. The van der Waals surface area contributed by atoms with Crippen molar-refractivity contribution >= 4 is 0 Å². The Morgan fingerprint density at radius 1 is 1.62 bits per heavy atom. The van der Waals surface area contributed by atoms with Crippen molar-refractivity contribution in [1.29, 1.82) is 0 Å². The first-order valence-corrected chi connectivity index (χ1v) is 2.46. The molecule has 0 heterocycles. The summed E-state index contributed by atoms with van der Waals surface area (Å²) < 4.78 is 0. The van der Waals surface area contributed by atoms with E-state index < -0.39 is 0 Å². The first-order valence-electron chi connectivity index (χ1n) is 2.46. The third-order valence-electron chi connectivity index (χ3n) is 0.296. The molecule has 0 aromatic rings. The number of nitrogens with two attached hydrogens (primary N) is 2. The van der Waals surface area contributed by atoms with Gasteiger partial charge in [-0.3, -0.25) is 0 Å². The molecule has 0 saturated heterocycles. The van der Waals surface area contributed by atoms with Gasteiger partial charge in [-0.1, -0.05) is 0 Å². The number of hydrogen-bond acceptors (Lipinski definition) is 4. The van der Waals surface area contributed by atoms with Crippen LogP contribution in [0.1, 0.15) is 6.92 Å². The second-order valence-corrected chi connectivity index (χ2v) is 0.968. The highest BCUT2D eigenvalue weighted by atomic mass is 16.6. The van der Waals surface area contributed by atoms with Crippen LogP contribution in [0, 0.1) is 0 Å². The smallest absolute Gasteiger partial charge is 0.0651 e. The molecule has 4 nitrogen and oxygen atoms in total. The third kappa shape index (κ3) is 40.4. The predicted octanol–water partition coefficient (Wildman–Crippen LogP) is -1.17. The van der Waals surface area contributed by atoms with Crippen LogP contribution < -0.4 is 11.6 Å². The molecular weight excluding hydrogens is 108 g/mol. The summed E-state index contributed by atoms with van der Waals surface area (Å²) in [5, 5.41) is 7.75. The fourth-order valence-electron chi connectivity index (χ4n) is 0. The van der Waals surface area contributed by atoms with E-state index in [9.17, 15) is 0 Å². The van der Waals surface area contributed by atoms with Crippen LogP contribution in [0.25, 0.3) is 0 Å². The highest BCUT2D eigenvalue weighted by molar-refractivity contribution is 4.17. The molecule has 0 spiro atoms. The minimum Gasteiger partial charge on any atom is -0.395 e. The van der Waals surface area contributed by atoms with Gasteiger partial charge in [0, 0.05) is 6.54 Å². The van der Waals surface area contributed by atoms with E-state index in [2.05, 4.69) is 10.7 Å². The number of aliphatic hydroxyl groups is 1. The molecule has 0 atom stereocenters. The van der Waals surface area contributed by atoms with Crippen molar-refractivity contribution in [2.75, 3.05) is 19.8 Å². The molecule has 0 rings (SSSR count). The number of rotatable bonds is 2. The Kier molecular flexibility index (Phi) is 21.3. The summed E-state index contributed by atoms with van der Waals surface area (Å²) >= 11 is 0. The summed E-state index contributed by atoms with van der Waals surface area (Å²) in [6, 6.07) is 0. The molecule has 0 bridgehead atoms. The van der Waals surface area contributed by atoms with E-state index in [1.54, 1.807) is 0 Å². The molecule has 0 amide bonds. The van der Waals surface area contributed by atoms with Crippen molar-refractivity contribution in [3.8, 4) is 0 Å². The molecule has 0 aliphatic rings. The van der Waals surface area contributed by atoms with Gasteiger partial charge in [-0.2, -0.15) is 0 Å². The Balaban J connectivity index is 0. The zero-order chi connectivity index (χ0) is 6.83. The van der Waals surface area contributed by atoms with Gasteiger partial charge in [0.05, 0.1) is 13.2 Å². The Labute approximate surface area is 49.4 Å². The molecule has 0 aromatic heterocycles. The van der Waals surface area contributed by atoms with E-state index in [4.69, 9.17) is 10.8 Å². The molecule has 8 heavy (non-hydrogen) atoms. The third-order valence-corrected chi connectivity index (χ3v) is 0.296. The molecule has 52 valence electrons. The summed E-state index contributed by atoms with van der Waals surface area (Å²) in [6.45, 7) is 2.90. The maximum atomic E-state index is 7.75. The van der Waals surface area contributed by atoms with Crippen LogP contribution in [0.5, 0.6) is 0 Å². The van der Waals surface area contributed by atoms with Gasteiger partial charge in [0.25, 0.3) is 0 Å². The van der Waals surface area contributed by atoms with E-state index >= 15 is 0 Å². The maximum absolute atomic E-state index is 7.75. The van der Waals surface area contributed by atoms with Gasteiger partial charge in [0.2, 0.25) is 0 Å². The van der Waals surface area contributed by atoms with Gasteiger partial charge in [0.1, 0.15) is 0 Å². The van der Waals surface area contributed by atoms with Crippen molar-refractivity contribution in [1.82, 2.24) is 0 Å². The standard InChI is InChI=1S/2C2H7NO/c1-2-4-3;3-1-2-4/h2-3H2,1H3;4H,1-3H2. The van der Waals surface area contributed by atoms with Gasteiger partial charge in [-0.15, -0.1) is 0 Å². The molecule has 0 radical (unpaired) electrons. The first kappa shape index (κ1) is 10.8. The lowest BCUT2D eigenvalue weighted by Crippen LogP contribution is -2.02. The van der Waals surface area contributed by atoms with Gasteiger partial charge in [-0.05, 0) is 6.92 Å². The van der Waals surface area contributed by atoms with Gasteiger partial charge < -0.3 is 15.7 Å². The Hall–Kier alpha value is -0.160. The number of aliphatic hydroxyl groups excluding tert-OH is 1. The molecule has 0 aliphatic carbocycles. The van der Waals surface area contributed by atoms with Crippen LogP contribution in [-0.4, -0.2) is 24.9 Å². The Bertz CT molecular complexity index is 20.0. The fraction of sp³-hybridized carbons (Fsp3) is 1.00. The van der Waals surface area contributed by atoms with Gasteiger partial charge in [-0.25, -0.2) is 5.90 Å². The lowest BCUT2D eigenvalue weighted by molar-refractivity contribution is 0.152. The zero-order valence-corrected chi connectivity index (χ0v) is 5.13. The van der Waals surface area contributed by atoms with E-state index in [1.165, 1.54) is 0 Å². The normalized spacial score (nSPS) is 7.50. The summed E-state index contributed by atoms with van der Waals surface area (Å²) in [4.78, 5) is 4.04. The second kappa shape index (κ2) is 15.8. The van der Waals surface area contributed by atoms with Crippen molar-refractivity contribution in [3.05, 3.63) is 0 Å². The van der Waals surface area contributed by atoms with Crippen molar-refractivity contribution < 1.29 is 9.94 Å². The van der Waals surface area contributed by atoms with Gasteiger partial charge >= 0.3 is 0 Å². The minimum atomic E-state index is 0.0972. The lowest BCUT2D eigenvalue weighted by Gasteiger charge is -1.76. The van der Waals surface area contributed by atoms with Crippen LogP contribution in [0.2, 0.25) is 0 Å². The SMILES string of the molecule is CCON.NCCO. The Morgan fingerprint density at radius 2 is 1.88 bits per heavy atom. The minimum absolute atomic E-state index is 0.0972. The van der Waals surface area contributed by atoms with E-state index in [0.717, 1.165) is 0 Å². The largest absolute Gasteiger partial charge is 0.395 e. The average Bonchev–Trinajstić information content (AvgIpc) is 1.88. The summed E-state index contributed by atoms with van der Waals surface area (Å²) in [7, 11) is 0. The monoisotopic (exact) mass is 122 g/mol. The second-order valence-electron chi connectivity index (χ2n) is 0.968. The molecule has 0 aromatic carbocycles. The summed E-state index contributed by atoms with van der Waals surface area (Å²) in [5.41, 5.74) is 4.78. The molecule has 0 saturated carbocycles. The summed E-state index contributed by atoms with van der Waals surface area (Å²) in [5.74, 6) is 4.53. The molecule has 0 unspecified atom stereocenters. The maximum Gasteiger partial charge on any atom is 0.0651 e. The van der Waals surface area contributed by atoms with Crippen LogP contribution in [0.3, 0.4) is 0 Å². The molecular formula is C4H14N2O2. The van der Waals surface area contributed by atoms with Gasteiger partial charge in [0.15, 0.2) is 0 Å². The first-order chi connectivity index (χ1) is 3.83. The topological polar surface area (TPSA) is 81.5 Å². The zero-order valence-electron chi connectivity index (χ0n) is 5.13. The van der Waals surface area contributed by atoms with Crippen LogP contribution >= 0.6 is 0 Å². The van der Waals surface area contributed by atoms with E-state index in [-0.39, 0.29) is 6.61 Å². The van der Waals surface area contributed by atoms with Crippen molar-refractivity contribution in [2.24, 2.45) is 11.6 Å². The highest BCUT2D eigenvalue weighted by Gasteiger charge is 1.56. The van der Waals surface area contributed by atoms with Crippen LogP contribution in [0.15, 0.2) is 0 Å². The molecule has 5 N–H and O–H groups in total. The molecule has 0 fully saturated rings.